The Labute approximate surface area is 238 Å². The first-order chi connectivity index (χ1) is 19.5. The van der Waals surface area contributed by atoms with Crippen molar-refractivity contribution < 1.29 is 32.9 Å². The zero-order chi connectivity index (χ0) is 29.3. The van der Waals surface area contributed by atoms with Crippen molar-refractivity contribution in [3.05, 3.63) is 52.3 Å². The molecule has 1 unspecified atom stereocenters. The van der Waals surface area contributed by atoms with Gasteiger partial charge in [-0.2, -0.15) is 18.3 Å². The molecule has 0 spiro atoms. The predicted octanol–water partition coefficient (Wildman–Crippen LogP) is 3.83. The Balaban J connectivity index is 1.41. The van der Waals surface area contributed by atoms with Crippen LogP contribution in [-0.2, 0) is 4.74 Å². The van der Waals surface area contributed by atoms with E-state index < -0.39 is 24.8 Å². The molecule has 10 nitrogen and oxygen atoms in total. The van der Waals surface area contributed by atoms with Gasteiger partial charge in [-0.05, 0) is 50.8 Å². The average molecular weight is 593 g/mol. The highest BCUT2D eigenvalue weighted by Gasteiger charge is 2.33. The molecule has 14 heteroatoms. The number of hydrogen-bond donors (Lipinski definition) is 2. The molecule has 3 N–H and O–H groups in total. The van der Waals surface area contributed by atoms with Gasteiger partial charge in [0.15, 0.2) is 12.3 Å². The lowest BCUT2D eigenvalue weighted by Crippen LogP contribution is -2.39. The first kappa shape index (κ1) is 28.7. The van der Waals surface area contributed by atoms with Crippen LogP contribution in [0.15, 0.2) is 30.5 Å². The van der Waals surface area contributed by atoms with E-state index in [0.29, 0.717) is 30.2 Å². The van der Waals surface area contributed by atoms with Gasteiger partial charge in [-0.15, -0.1) is 0 Å². The van der Waals surface area contributed by atoms with Crippen LogP contribution in [0.2, 0.25) is 5.02 Å². The van der Waals surface area contributed by atoms with Crippen molar-refractivity contribution in [3.63, 3.8) is 0 Å². The number of alkyl halides is 3. The molecule has 2 amide bonds. The molecule has 4 heterocycles. The van der Waals surface area contributed by atoms with Gasteiger partial charge in [-0.25, -0.2) is 14.3 Å². The lowest BCUT2D eigenvalue weighted by Gasteiger charge is -2.35. The molecule has 1 aromatic carbocycles. The molecule has 218 valence electrons. The molecule has 2 aliphatic rings. The summed E-state index contributed by atoms with van der Waals surface area (Å²) in [5.74, 6) is 0.746. The van der Waals surface area contributed by atoms with Crippen LogP contribution in [0.25, 0.3) is 5.65 Å². The number of nitrogens with zero attached hydrogens (tertiary/aromatic N) is 5. The van der Waals surface area contributed by atoms with Crippen molar-refractivity contribution in [2.75, 3.05) is 36.5 Å². The average Bonchev–Trinajstić information content (AvgIpc) is 3.58. The highest BCUT2D eigenvalue weighted by atomic mass is 35.5. The quantitative estimate of drug-likeness (QED) is 0.420. The zero-order valence-electron chi connectivity index (χ0n) is 22.3. The van der Waals surface area contributed by atoms with Gasteiger partial charge < -0.3 is 14.5 Å². The molecule has 3 aromatic rings. The number of likely N-dealkylation sites (tertiary alicyclic amines) is 1. The van der Waals surface area contributed by atoms with Crippen LogP contribution in [-0.4, -0.2) is 70.1 Å². The summed E-state index contributed by atoms with van der Waals surface area (Å²) in [6.07, 6.45) is 0.870. The number of fused-ring (bicyclic) bond motifs is 1. The van der Waals surface area contributed by atoms with Gasteiger partial charge in [0, 0.05) is 42.5 Å². The minimum Gasteiger partial charge on any atom is -0.440 e. The molecule has 0 aliphatic carbocycles. The third kappa shape index (κ3) is 6.39. The second-order valence-electron chi connectivity index (χ2n) is 10.3. The van der Waals surface area contributed by atoms with Crippen molar-refractivity contribution in [2.45, 2.75) is 44.8 Å². The lowest BCUT2D eigenvalue weighted by atomic mass is 9.98. The number of benzene rings is 1. The van der Waals surface area contributed by atoms with Crippen LogP contribution < -0.4 is 15.6 Å². The van der Waals surface area contributed by atoms with E-state index in [9.17, 15) is 22.8 Å². The van der Waals surface area contributed by atoms with Crippen LogP contribution >= 0.6 is 11.6 Å². The summed E-state index contributed by atoms with van der Waals surface area (Å²) in [6, 6.07) is 5.64. The largest absolute Gasteiger partial charge is 0.440 e. The highest BCUT2D eigenvalue weighted by molar-refractivity contribution is 6.31. The summed E-state index contributed by atoms with van der Waals surface area (Å²) in [7, 11) is 0. The molecule has 2 aliphatic heterocycles. The Morgan fingerprint density at radius 2 is 2.02 bits per heavy atom. The van der Waals surface area contributed by atoms with Crippen molar-refractivity contribution in [2.24, 2.45) is 5.92 Å². The van der Waals surface area contributed by atoms with Crippen LogP contribution in [0.4, 0.5) is 29.5 Å². The number of ether oxygens (including phenoxy) is 1. The first-order valence-electron chi connectivity index (χ1n) is 13.3. The van der Waals surface area contributed by atoms with E-state index in [0.717, 1.165) is 43.7 Å². The summed E-state index contributed by atoms with van der Waals surface area (Å²) >= 11 is 6.17. The van der Waals surface area contributed by atoms with Gasteiger partial charge in [0.05, 0.1) is 28.9 Å². The van der Waals surface area contributed by atoms with E-state index >= 15 is 0 Å². The number of halogens is 4. The fourth-order valence-corrected chi connectivity index (χ4v) is 5.54. The van der Waals surface area contributed by atoms with Crippen LogP contribution in [0.1, 0.15) is 53.3 Å². The number of carbonyl (C=O) groups is 2. The molecule has 0 radical (unpaired) electrons. The van der Waals surface area contributed by atoms with Gasteiger partial charge in [0.2, 0.25) is 0 Å². The molecule has 0 bridgehead atoms. The normalized spacial score (nSPS) is 19.4. The van der Waals surface area contributed by atoms with Crippen molar-refractivity contribution in [1.29, 1.82) is 0 Å². The molecule has 2 fully saturated rings. The number of aryl methyl sites for hydroxylation is 1. The maximum Gasteiger partial charge on any atom is 0.422 e. The SMILES string of the molecule is Cc1cn2nc([C@@H]3CCCCN3C(=O)c3cc(Cl)ccc3NC(=O)OCC(F)(F)F)cc2nc1N1CCC(C=[NH2+])C1. The van der Waals surface area contributed by atoms with Gasteiger partial charge in [0.25, 0.3) is 5.91 Å². The van der Waals surface area contributed by atoms with E-state index in [1.807, 2.05) is 19.2 Å². The third-order valence-corrected chi connectivity index (χ3v) is 7.58. The summed E-state index contributed by atoms with van der Waals surface area (Å²) < 4.78 is 43.4. The zero-order valence-corrected chi connectivity index (χ0v) is 23.1. The highest BCUT2D eigenvalue weighted by Crippen LogP contribution is 2.34. The Bertz CT molecular complexity index is 1480. The number of piperidine rings is 1. The minimum absolute atomic E-state index is 0.00789. The van der Waals surface area contributed by atoms with Gasteiger partial charge >= 0.3 is 12.3 Å². The number of anilines is 2. The topological polar surface area (TPSA) is 118 Å². The van der Waals surface area contributed by atoms with E-state index in [1.165, 1.54) is 18.2 Å². The standard InChI is InChI=1S/C27H29ClF3N7O3/c1-16-13-38-23(34-24(16)36-9-7-17(12-32)14-36)11-21(35-38)22-4-2-3-8-37(22)25(39)19-10-18(28)5-6-20(19)33-26(40)41-15-27(29,30)31/h5-6,10-13,17,22,32H,2-4,7-9,14-15H2,1H3,(H,33,40)/p+1/t17?,22-/m0/s1. The van der Waals surface area contributed by atoms with Gasteiger partial charge in [-0.1, -0.05) is 11.6 Å². The fourth-order valence-electron chi connectivity index (χ4n) is 5.37. The van der Waals surface area contributed by atoms with E-state index in [4.69, 9.17) is 27.1 Å². The van der Waals surface area contributed by atoms with Gasteiger partial charge in [-0.3, -0.25) is 15.5 Å². The monoisotopic (exact) mass is 592 g/mol. The summed E-state index contributed by atoms with van der Waals surface area (Å²) in [4.78, 5) is 34.6. The molecule has 2 saturated heterocycles. The number of nitrogens with one attached hydrogen (secondary N) is 1. The molecule has 0 saturated carbocycles. The number of aromatic nitrogens is 3. The summed E-state index contributed by atoms with van der Waals surface area (Å²) in [5.41, 5.74) is 2.31. The summed E-state index contributed by atoms with van der Waals surface area (Å²) in [5, 5.41) is 13.0. The van der Waals surface area contributed by atoms with Crippen LogP contribution in [0.5, 0.6) is 0 Å². The van der Waals surface area contributed by atoms with Crippen LogP contribution in [0.3, 0.4) is 0 Å². The molecule has 2 atom stereocenters. The first-order valence-corrected chi connectivity index (χ1v) is 13.7. The van der Waals surface area contributed by atoms with E-state index in [1.54, 1.807) is 15.6 Å². The number of amides is 2. The predicted molar refractivity (Wildman–Crippen MR) is 146 cm³/mol. The lowest BCUT2D eigenvalue weighted by molar-refractivity contribution is -0.159. The van der Waals surface area contributed by atoms with E-state index in [-0.39, 0.29) is 22.3 Å². The number of carbonyl (C=O) groups excluding carboxylic acids is 2. The molecule has 41 heavy (non-hydrogen) atoms. The molecule has 2 aromatic heterocycles. The molecular formula is C27H30ClF3N7O3+. The van der Waals surface area contributed by atoms with E-state index in [2.05, 4.69) is 15.0 Å². The second-order valence-corrected chi connectivity index (χ2v) is 10.8. The van der Waals surface area contributed by atoms with Crippen molar-refractivity contribution >= 4 is 47.0 Å². The Morgan fingerprint density at radius 3 is 2.76 bits per heavy atom. The second kappa shape index (κ2) is 11.6. The maximum absolute atomic E-state index is 13.8. The number of hydrogen-bond acceptors (Lipinski definition) is 6. The summed E-state index contributed by atoms with van der Waals surface area (Å²) in [6.45, 7) is 2.30. The van der Waals surface area contributed by atoms with Crippen LogP contribution in [0, 0.1) is 12.8 Å². The number of nitrogens with two attached hydrogens (primary N) is 1. The Kier molecular flexibility index (Phi) is 8.07. The van der Waals surface area contributed by atoms with Crippen molar-refractivity contribution in [1.82, 2.24) is 19.5 Å². The maximum atomic E-state index is 13.8. The van der Waals surface area contributed by atoms with Crippen molar-refractivity contribution in [3.8, 4) is 0 Å². The number of rotatable bonds is 6. The minimum atomic E-state index is -4.68. The Hall–Kier alpha value is -3.87. The molecular weight excluding hydrogens is 563 g/mol. The smallest absolute Gasteiger partial charge is 0.422 e. The fraction of sp³-hybridized carbons (Fsp3) is 0.444. The third-order valence-electron chi connectivity index (χ3n) is 7.34. The molecule has 5 rings (SSSR count). The van der Waals surface area contributed by atoms with Gasteiger partial charge in [0.1, 0.15) is 12.0 Å². The Morgan fingerprint density at radius 1 is 1.22 bits per heavy atom.